The summed E-state index contributed by atoms with van der Waals surface area (Å²) in [5.41, 5.74) is 1.17. The van der Waals surface area contributed by atoms with E-state index in [1.165, 1.54) is 25.3 Å². The molecule has 0 aliphatic heterocycles. The quantitative estimate of drug-likeness (QED) is 0.893. The van der Waals surface area contributed by atoms with E-state index in [1.54, 1.807) is 12.1 Å². The van der Waals surface area contributed by atoms with Crippen LogP contribution in [0.5, 0.6) is 11.5 Å². The predicted molar refractivity (Wildman–Crippen MR) is 73.1 cm³/mol. The van der Waals surface area contributed by atoms with E-state index in [4.69, 9.17) is 4.74 Å². The minimum Gasteiger partial charge on any atom is -0.504 e. The molecule has 0 bridgehead atoms. The number of methoxy groups -OCH3 is 1. The van der Waals surface area contributed by atoms with Crippen molar-refractivity contribution in [2.24, 2.45) is 0 Å². The summed E-state index contributed by atoms with van der Waals surface area (Å²) < 4.78 is 31.3. The molecule has 3 nitrogen and oxygen atoms in total. The zero-order valence-corrected chi connectivity index (χ0v) is 11.2. The zero-order chi connectivity index (χ0) is 14.7. The lowest BCUT2D eigenvalue weighted by atomic mass is 10.1. The first kappa shape index (κ1) is 14.1. The van der Waals surface area contributed by atoms with Gasteiger partial charge in [-0.2, -0.15) is 0 Å². The number of nitrogens with one attached hydrogen (secondary N) is 1. The Morgan fingerprint density at radius 1 is 1.10 bits per heavy atom. The van der Waals surface area contributed by atoms with Crippen LogP contribution in [-0.4, -0.2) is 12.2 Å². The largest absolute Gasteiger partial charge is 0.504 e. The van der Waals surface area contributed by atoms with Crippen LogP contribution in [0, 0.1) is 11.6 Å². The first-order valence-corrected chi connectivity index (χ1v) is 6.09. The SMILES string of the molecule is COc1cc(C(C)Nc2cc(F)cc(F)c2)ccc1O. The van der Waals surface area contributed by atoms with Crippen LogP contribution in [0.2, 0.25) is 0 Å². The van der Waals surface area contributed by atoms with E-state index in [-0.39, 0.29) is 11.8 Å². The number of hydrogen-bond acceptors (Lipinski definition) is 3. The lowest BCUT2D eigenvalue weighted by Gasteiger charge is -2.17. The molecule has 20 heavy (non-hydrogen) atoms. The molecule has 2 aromatic carbocycles. The third kappa shape index (κ3) is 3.17. The molecule has 106 valence electrons. The van der Waals surface area contributed by atoms with Gasteiger partial charge in [-0.3, -0.25) is 0 Å². The van der Waals surface area contributed by atoms with Crippen molar-refractivity contribution < 1.29 is 18.6 Å². The van der Waals surface area contributed by atoms with Gasteiger partial charge in [-0.05, 0) is 36.8 Å². The summed E-state index contributed by atoms with van der Waals surface area (Å²) in [5, 5.41) is 12.5. The molecule has 0 spiro atoms. The second-order valence-corrected chi connectivity index (χ2v) is 4.46. The fourth-order valence-corrected chi connectivity index (χ4v) is 1.93. The number of aromatic hydroxyl groups is 1. The van der Waals surface area contributed by atoms with Gasteiger partial charge < -0.3 is 15.2 Å². The van der Waals surface area contributed by atoms with Crippen molar-refractivity contribution in [1.29, 1.82) is 0 Å². The summed E-state index contributed by atoms with van der Waals surface area (Å²) in [6, 6.07) is 7.95. The van der Waals surface area contributed by atoms with Gasteiger partial charge in [-0.1, -0.05) is 6.07 Å². The summed E-state index contributed by atoms with van der Waals surface area (Å²) in [5.74, 6) is -0.882. The number of phenols is 1. The summed E-state index contributed by atoms with van der Waals surface area (Å²) in [6.07, 6.45) is 0. The van der Waals surface area contributed by atoms with Crippen molar-refractivity contribution in [1.82, 2.24) is 0 Å². The normalized spacial score (nSPS) is 12.0. The van der Waals surface area contributed by atoms with E-state index in [2.05, 4.69) is 5.32 Å². The molecular formula is C15H15F2NO2. The summed E-state index contributed by atoms with van der Waals surface area (Å²) in [6.45, 7) is 1.84. The van der Waals surface area contributed by atoms with Crippen molar-refractivity contribution in [2.75, 3.05) is 12.4 Å². The molecule has 0 amide bonds. The highest BCUT2D eigenvalue weighted by molar-refractivity contribution is 5.48. The summed E-state index contributed by atoms with van der Waals surface area (Å²) >= 11 is 0. The molecule has 1 unspecified atom stereocenters. The maximum atomic E-state index is 13.1. The summed E-state index contributed by atoms with van der Waals surface area (Å²) in [4.78, 5) is 0. The highest BCUT2D eigenvalue weighted by Gasteiger charge is 2.10. The van der Waals surface area contributed by atoms with E-state index in [9.17, 15) is 13.9 Å². The standard InChI is InChI=1S/C15H15F2NO2/c1-9(10-3-4-14(19)15(5-10)20-2)18-13-7-11(16)6-12(17)8-13/h3-9,18-19H,1-2H3. The topological polar surface area (TPSA) is 41.5 Å². The number of hydrogen-bond donors (Lipinski definition) is 2. The van der Waals surface area contributed by atoms with Crippen LogP contribution in [0.1, 0.15) is 18.5 Å². The Labute approximate surface area is 115 Å². The van der Waals surface area contributed by atoms with E-state index in [1.807, 2.05) is 6.92 Å². The van der Waals surface area contributed by atoms with Crippen molar-refractivity contribution >= 4 is 5.69 Å². The average Bonchev–Trinajstić information content (AvgIpc) is 2.37. The predicted octanol–water partition coefficient (Wildman–Crippen LogP) is 3.85. The second-order valence-electron chi connectivity index (χ2n) is 4.46. The number of halogens is 2. The maximum Gasteiger partial charge on any atom is 0.160 e. The molecule has 1 atom stereocenters. The minimum absolute atomic E-state index is 0.0419. The molecule has 5 heteroatoms. The Morgan fingerprint density at radius 2 is 1.75 bits per heavy atom. The van der Waals surface area contributed by atoms with Crippen molar-refractivity contribution in [3.63, 3.8) is 0 Å². The monoisotopic (exact) mass is 279 g/mol. The number of anilines is 1. The molecule has 0 radical (unpaired) electrons. The Kier molecular flexibility index (Phi) is 4.08. The maximum absolute atomic E-state index is 13.1. The smallest absolute Gasteiger partial charge is 0.160 e. The highest BCUT2D eigenvalue weighted by Crippen LogP contribution is 2.30. The number of ether oxygens (including phenoxy) is 1. The highest BCUT2D eigenvalue weighted by atomic mass is 19.1. The van der Waals surface area contributed by atoms with E-state index < -0.39 is 11.6 Å². The molecule has 0 aromatic heterocycles. The van der Waals surface area contributed by atoms with Crippen LogP contribution in [0.25, 0.3) is 0 Å². The van der Waals surface area contributed by atoms with E-state index in [0.29, 0.717) is 11.4 Å². The van der Waals surface area contributed by atoms with Crippen LogP contribution < -0.4 is 10.1 Å². The van der Waals surface area contributed by atoms with Gasteiger partial charge in [0.25, 0.3) is 0 Å². The van der Waals surface area contributed by atoms with Crippen molar-refractivity contribution in [3.8, 4) is 11.5 Å². The first-order valence-electron chi connectivity index (χ1n) is 6.09. The Hall–Kier alpha value is -2.30. The molecule has 0 heterocycles. The van der Waals surface area contributed by atoms with Crippen molar-refractivity contribution in [3.05, 3.63) is 53.6 Å². The molecule has 2 aromatic rings. The lowest BCUT2D eigenvalue weighted by molar-refractivity contribution is 0.373. The first-order chi connectivity index (χ1) is 9.49. The third-order valence-electron chi connectivity index (χ3n) is 2.95. The molecule has 0 saturated carbocycles. The molecule has 0 aliphatic carbocycles. The van der Waals surface area contributed by atoms with Gasteiger partial charge in [0.1, 0.15) is 11.6 Å². The van der Waals surface area contributed by atoms with Crippen molar-refractivity contribution in [2.45, 2.75) is 13.0 Å². The van der Waals surface area contributed by atoms with Gasteiger partial charge in [0, 0.05) is 17.8 Å². The fourth-order valence-electron chi connectivity index (χ4n) is 1.93. The molecule has 0 fully saturated rings. The number of rotatable bonds is 4. The number of phenolic OH excluding ortho intramolecular Hbond substituents is 1. The third-order valence-corrected chi connectivity index (χ3v) is 2.95. The van der Waals surface area contributed by atoms with Gasteiger partial charge in [-0.25, -0.2) is 8.78 Å². The lowest BCUT2D eigenvalue weighted by Crippen LogP contribution is -2.07. The van der Waals surface area contributed by atoms with Gasteiger partial charge in [0.2, 0.25) is 0 Å². The summed E-state index contributed by atoms with van der Waals surface area (Å²) in [7, 11) is 1.46. The molecule has 2 rings (SSSR count). The Balaban J connectivity index is 2.21. The van der Waals surface area contributed by atoms with Crippen LogP contribution in [-0.2, 0) is 0 Å². The molecule has 0 saturated heterocycles. The van der Waals surface area contributed by atoms with E-state index >= 15 is 0 Å². The fraction of sp³-hybridized carbons (Fsp3) is 0.200. The van der Waals surface area contributed by atoms with Gasteiger partial charge >= 0.3 is 0 Å². The minimum atomic E-state index is -0.636. The van der Waals surface area contributed by atoms with Gasteiger partial charge in [0.05, 0.1) is 7.11 Å². The average molecular weight is 279 g/mol. The Bertz CT molecular complexity index is 597. The molecule has 0 aliphatic rings. The number of benzene rings is 2. The molecular weight excluding hydrogens is 264 g/mol. The van der Waals surface area contributed by atoms with Crippen LogP contribution in [0.4, 0.5) is 14.5 Å². The van der Waals surface area contributed by atoms with Crippen LogP contribution in [0.15, 0.2) is 36.4 Å². The zero-order valence-electron chi connectivity index (χ0n) is 11.2. The Morgan fingerprint density at radius 3 is 2.35 bits per heavy atom. The van der Waals surface area contributed by atoms with Gasteiger partial charge in [0.15, 0.2) is 11.5 Å². The van der Waals surface area contributed by atoms with E-state index in [0.717, 1.165) is 11.6 Å². The second kappa shape index (κ2) is 5.77. The van der Waals surface area contributed by atoms with Crippen LogP contribution >= 0.6 is 0 Å². The molecule has 2 N–H and O–H groups in total. The van der Waals surface area contributed by atoms with Crippen LogP contribution in [0.3, 0.4) is 0 Å². The van der Waals surface area contributed by atoms with Gasteiger partial charge in [-0.15, -0.1) is 0 Å².